The van der Waals surface area contributed by atoms with Crippen LogP contribution >= 0.6 is 11.3 Å². The molecule has 0 saturated heterocycles. The molecule has 0 aliphatic heterocycles. The van der Waals surface area contributed by atoms with Crippen molar-refractivity contribution in [2.24, 2.45) is 5.92 Å². The minimum Gasteiger partial charge on any atom is -0.316 e. The SMILES string of the molecule is CC(C)CNCCCS(=O)(=O)c1cccs1. The summed E-state index contributed by atoms with van der Waals surface area (Å²) in [4.78, 5) is 0. The van der Waals surface area contributed by atoms with Crippen molar-refractivity contribution in [3.05, 3.63) is 17.5 Å². The van der Waals surface area contributed by atoms with Crippen LogP contribution in [0.4, 0.5) is 0 Å². The highest BCUT2D eigenvalue weighted by Gasteiger charge is 2.14. The summed E-state index contributed by atoms with van der Waals surface area (Å²) in [5.41, 5.74) is 0. The Labute approximate surface area is 102 Å². The summed E-state index contributed by atoms with van der Waals surface area (Å²) in [5, 5.41) is 5.04. The molecule has 5 heteroatoms. The van der Waals surface area contributed by atoms with Gasteiger partial charge in [-0.05, 0) is 36.9 Å². The van der Waals surface area contributed by atoms with E-state index in [0.717, 1.165) is 13.1 Å². The quantitative estimate of drug-likeness (QED) is 0.765. The normalized spacial score (nSPS) is 12.2. The predicted octanol–water partition coefficient (Wildman–Crippen LogP) is 2.16. The molecule has 0 radical (unpaired) electrons. The van der Waals surface area contributed by atoms with Crippen molar-refractivity contribution in [2.75, 3.05) is 18.8 Å². The average molecular weight is 261 g/mol. The van der Waals surface area contributed by atoms with Crippen molar-refractivity contribution in [3.8, 4) is 0 Å². The van der Waals surface area contributed by atoms with Crippen molar-refractivity contribution >= 4 is 21.2 Å². The first-order valence-corrected chi connectivity index (χ1v) is 8.02. The number of rotatable bonds is 7. The van der Waals surface area contributed by atoms with Crippen molar-refractivity contribution in [1.29, 1.82) is 0 Å². The van der Waals surface area contributed by atoms with Crippen LogP contribution in [-0.4, -0.2) is 27.3 Å². The molecule has 1 heterocycles. The highest BCUT2D eigenvalue weighted by Crippen LogP contribution is 2.17. The van der Waals surface area contributed by atoms with Gasteiger partial charge >= 0.3 is 0 Å². The first-order valence-electron chi connectivity index (χ1n) is 5.49. The van der Waals surface area contributed by atoms with E-state index in [-0.39, 0.29) is 5.75 Å². The van der Waals surface area contributed by atoms with Crippen molar-refractivity contribution in [2.45, 2.75) is 24.5 Å². The molecule has 1 aromatic rings. The molecule has 0 unspecified atom stereocenters. The van der Waals surface area contributed by atoms with Gasteiger partial charge in [0.25, 0.3) is 0 Å². The topological polar surface area (TPSA) is 46.2 Å². The highest BCUT2D eigenvalue weighted by molar-refractivity contribution is 7.93. The van der Waals surface area contributed by atoms with Crippen LogP contribution in [0.5, 0.6) is 0 Å². The molecule has 0 aliphatic carbocycles. The van der Waals surface area contributed by atoms with Crippen molar-refractivity contribution in [3.63, 3.8) is 0 Å². The molecule has 0 bridgehead atoms. The average Bonchev–Trinajstić information content (AvgIpc) is 2.69. The number of nitrogens with one attached hydrogen (secondary N) is 1. The fourth-order valence-electron chi connectivity index (χ4n) is 1.32. The molecule has 0 saturated carbocycles. The third-order valence-electron chi connectivity index (χ3n) is 2.12. The van der Waals surface area contributed by atoms with E-state index in [1.165, 1.54) is 11.3 Å². The molecule has 3 nitrogen and oxygen atoms in total. The van der Waals surface area contributed by atoms with Gasteiger partial charge in [0.05, 0.1) is 5.75 Å². The van der Waals surface area contributed by atoms with E-state index in [4.69, 9.17) is 0 Å². The van der Waals surface area contributed by atoms with Crippen molar-refractivity contribution < 1.29 is 8.42 Å². The van der Waals surface area contributed by atoms with Crippen LogP contribution < -0.4 is 5.32 Å². The lowest BCUT2D eigenvalue weighted by atomic mass is 10.2. The Hall–Kier alpha value is -0.390. The number of thiophene rings is 1. The lowest BCUT2D eigenvalue weighted by Crippen LogP contribution is -2.22. The maximum atomic E-state index is 11.8. The summed E-state index contributed by atoms with van der Waals surface area (Å²) in [5.74, 6) is 0.840. The monoisotopic (exact) mass is 261 g/mol. The fraction of sp³-hybridized carbons (Fsp3) is 0.636. The molecule has 0 aliphatic rings. The highest BCUT2D eigenvalue weighted by atomic mass is 32.2. The van der Waals surface area contributed by atoms with Crippen LogP contribution in [-0.2, 0) is 9.84 Å². The Bertz CT molecular complexity index is 382. The lowest BCUT2D eigenvalue weighted by molar-refractivity contribution is 0.547. The second-order valence-corrected chi connectivity index (χ2v) is 7.49. The van der Waals surface area contributed by atoms with Gasteiger partial charge in [0.1, 0.15) is 4.21 Å². The number of hydrogen-bond acceptors (Lipinski definition) is 4. The molecule has 0 amide bonds. The first kappa shape index (κ1) is 13.7. The molecule has 92 valence electrons. The van der Waals surface area contributed by atoms with E-state index < -0.39 is 9.84 Å². The lowest BCUT2D eigenvalue weighted by Gasteiger charge is -2.06. The second-order valence-electron chi connectivity index (χ2n) is 4.20. The van der Waals surface area contributed by atoms with Gasteiger partial charge < -0.3 is 5.32 Å². The molecule has 0 fully saturated rings. The molecule has 0 spiro atoms. The van der Waals surface area contributed by atoms with Crippen LogP contribution in [0, 0.1) is 5.92 Å². The Balaban J connectivity index is 2.28. The van der Waals surface area contributed by atoms with Gasteiger partial charge in [0.2, 0.25) is 0 Å². The Morgan fingerprint density at radius 1 is 1.44 bits per heavy atom. The molecule has 16 heavy (non-hydrogen) atoms. The van der Waals surface area contributed by atoms with E-state index in [1.54, 1.807) is 17.5 Å². The maximum absolute atomic E-state index is 11.8. The summed E-state index contributed by atoms with van der Waals surface area (Å²) >= 11 is 1.29. The molecule has 1 aromatic heterocycles. The molecule has 0 aromatic carbocycles. The van der Waals surface area contributed by atoms with Crippen molar-refractivity contribution in [1.82, 2.24) is 5.32 Å². The molecular weight excluding hydrogens is 242 g/mol. The third-order valence-corrected chi connectivity index (χ3v) is 5.41. The molecular formula is C11H19NO2S2. The largest absolute Gasteiger partial charge is 0.316 e. The molecule has 1 N–H and O–H groups in total. The minimum atomic E-state index is -3.04. The summed E-state index contributed by atoms with van der Waals surface area (Å²) < 4.78 is 24.0. The van der Waals surface area contributed by atoms with E-state index >= 15 is 0 Å². The smallest absolute Gasteiger partial charge is 0.187 e. The van der Waals surface area contributed by atoms with Gasteiger partial charge in [0, 0.05) is 0 Å². The maximum Gasteiger partial charge on any atom is 0.187 e. The van der Waals surface area contributed by atoms with Crippen LogP contribution in [0.3, 0.4) is 0 Å². The first-order chi connectivity index (χ1) is 7.52. The van der Waals surface area contributed by atoms with E-state index in [2.05, 4.69) is 19.2 Å². The Morgan fingerprint density at radius 2 is 2.19 bits per heavy atom. The predicted molar refractivity (Wildman–Crippen MR) is 68.7 cm³/mol. The van der Waals surface area contributed by atoms with Crippen LogP contribution in [0.15, 0.2) is 21.7 Å². The summed E-state index contributed by atoms with van der Waals surface area (Å²) in [6.45, 7) is 5.98. The van der Waals surface area contributed by atoms with E-state index in [0.29, 0.717) is 16.5 Å². The minimum absolute atomic E-state index is 0.235. The molecule has 0 atom stereocenters. The van der Waals surface area contributed by atoms with Crippen LogP contribution in [0.25, 0.3) is 0 Å². The van der Waals surface area contributed by atoms with Gasteiger partial charge in [0.15, 0.2) is 9.84 Å². The van der Waals surface area contributed by atoms with Crippen LogP contribution in [0.2, 0.25) is 0 Å². The van der Waals surface area contributed by atoms with Gasteiger partial charge in [-0.3, -0.25) is 0 Å². The second kappa shape index (κ2) is 6.37. The van der Waals surface area contributed by atoms with Gasteiger partial charge in [-0.25, -0.2) is 8.42 Å². The van der Waals surface area contributed by atoms with Gasteiger partial charge in [-0.15, -0.1) is 11.3 Å². The van der Waals surface area contributed by atoms with Gasteiger partial charge in [-0.2, -0.15) is 0 Å². The summed E-state index contributed by atoms with van der Waals surface area (Å²) in [7, 11) is -3.04. The summed E-state index contributed by atoms with van der Waals surface area (Å²) in [6, 6.07) is 3.44. The van der Waals surface area contributed by atoms with E-state index in [9.17, 15) is 8.42 Å². The zero-order valence-electron chi connectivity index (χ0n) is 9.77. The number of sulfone groups is 1. The summed E-state index contributed by atoms with van der Waals surface area (Å²) in [6.07, 6.45) is 0.674. The Morgan fingerprint density at radius 3 is 2.75 bits per heavy atom. The molecule has 1 rings (SSSR count). The van der Waals surface area contributed by atoms with Crippen LogP contribution in [0.1, 0.15) is 20.3 Å². The third kappa shape index (κ3) is 4.63. The number of hydrogen-bond donors (Lipinski definition) is 1. The standard InChI is InChI=1S/C11H19NO2S2/c1-10(2)9-12-6-4-8-16(13,14)11-5-3-7-15-11/h3,5,7,10,12H,4,6,8-9H2,1-2H3. The Kier molecular flexibility index (Phi) is 5.44. The van der Waals surface area contributed by atoms with E-state index in [1.807, 2.05) is 0 Å². The zero-order chi connectivity index (χ0) is 12.0. The van der Waals surface area contributed by atoms with Gasteiger partial charge in [-0.1, -0.05) is 19.9 Å². The fourth-order valence-corrected chi connectivity index (χ4v) is 3.78. The zero-order valence-corrected chi connectivity index (χ0v) is 11.4.